The summed E-state index contributed by atoms with van der Waals surface area (Å²) in [5.41, 5.74) is 0.903. The monoisotopic (exact) mass is 342 g/mol. The number of hydrogen-bond donors (Lipinski definition) is 0. The minimum atomic E-state index is -0.735. The predicted molar refractivity (Wildman–Crippen MR) is 85.6 cm³/mol. The highest BCUT2D eigenvalue weighted by atomic mass is 16.6. The average molecular weight is 342 g/mol. The first-order valence-corrected chi connectivity index (χ1v) is 7.36. The summed E-state index contributed by atoms with van der Waals surface area (Å²) < 4.78 is 12.5. The molecule has 0 radical (unpaired) electrons. The highest BCUT2D eigenvalue weighted by Crippen LogP contribution is 2.24. The van der Waals surface area contributed by atoms with Crippen molar-refractivity contribution < 1.29 is 18.9 Å². The van der Waals surface area contributed by atoms with Crippen LogP contribution in [0.1, 0.15) is 29.4 Å². The quantitative estimate of drug-likeness (QED) is 0.398. The maximum Gasteiger partial charge on any atom is 0.355 e. The first-order valence-electron chi connectivity index (χ1n) is 7.36. The number of nitro benzene ring substituents is 1. The van der Waals surface area contributed by atoms with Gasteiger partial charge in [0, 0.05) is 30.9 Å². The Labute approximate surface area is 142 Å². The summed E-state index contributed by atoms with van der Waals surface area (Å²) in [4.78, 5) is 22.3. The molecule has 0 aliphatic rings. The SMILES string of the molecule is C[C@@H](OC(=O)c1cccn1C)c1nnc(-c2ccc([N+](=O)[O-])cc2)o1. The average Bonchev–Trinajstić information content (AvgIpc) is 3.24. The molecular formula is C16H14N4O5. The van der Waals surface area contributed by atoms with E-state index in [9.17, 15) is 14.9 Å². The zero-order chi connectivity index (χ0) is 18.0. The summed E-state index contributed by atoms with van der Waals surface area (Å²) in [6.07, 6.45) is 1.00. The molecular weight excluding hydrogens is 328 g/mol. The van der Waals surface area contributed by atoms with Gasteiger partial charge in [0.25, 0.3) is 11.6 Å². The van der Waals surface area contributed by atoms with Crippen LogP contribution in [-0.2, 0) is 11.8 Å². The molecule has 128 valence electrons. The zero-order valence-electron chi connectivity index (χ0n) is 13.4. The van der Waals surface area contributed by atoms with Gasteiger partial charge in [-0.3, -0.25) is 10.1 Å². The number of nitrogens with zero attached hydrogens (tertiary/aromatic N) is 4. The van der Waals surface area contributed by atoms with Crippen LogP contribution in [0.25, 0.3) is 11.5 Å². The van der Waals surface area contributed by atoms with Crippen LogP contribution in [0.2, 0.25) is 0 Å². The molecule has 0 spiro atoms. The molecule has 0 aliphatic carbocycles. The van der Waals surface area contributed by atoms with Crippen LogP contribution in [0.5, 0.6) is 0 Å². The molecule has 0 aliphatic heterocycles. The molecule has 2 heterocycles. The fourth-order valence-corrected chi connectivity index (χ4v) is 2.19. The lowest BCUT2D eigenvalue weighted by Gasteiger charge is -2.09. The first kappa shape index (κ1) is 16.4. The Bertz CT molecular complexity index is 913. The second-order valence-electron chi connectivity index (χ2n) is 5.30. The summed E-state index contributed by atoms with van der Waals surface area (Å²) in [5, 5.41) is 18.4. The van der Waals surface area contributed by atoms with E-state index >= 15 is 0 Å². The summed E-state index contributed by atoms with van der Waals surface area (Å²) in [6, 6.07) is 9.09. The van der Waals surface area contributed by atoms with E-state index < -0.39 is 17.0 Å². The van der Waals surface area contributed by atoms with Crippen molar-refractivity contribution in [3.63, 3.8) is 0 Å². The highest BCUT2D eigenvalue weighted by Gasteiger charge is 2.21. The minimum absolute atomic E-state index is 0.0339. The van der Waals surface area contributed by atoms with Gasteiger partial charge in [-0.1, -0.05) is 0 Å². The van der Waals surface area contributed by atoms with Gasteiger partial charge in [-0.25, -0.2) is 4.79 Å². The molecule has 3 rings (SSSR count). The Morgan fingerprint density at radius 3 is 2.60 bits per heavy atom. The molecule has 2 aromatic heterocycles. The van der Waals surface area contributed by atoms with Gasteiger partial charge in [0.1, 0.15) is 5.69 Å². The number of carbonyl (C=O) groups is 1. The third kappa shape index (κ3) is 3.39. The van der Waals surface area contributed by atoms with Gasteiger partial charge in [0.05, 0.1) is 4.92 Å². The van der Waals surface area contributed by atoms with Gasteiger partial charge < -0.3 is 13.7 Å². The molecule has 0 saturated carbocycles. The fraction of sp³-hybridized carbons (Fsp3) is 0.188. The van der Waals surface area contributed by atoms with E-state index in [4.69, 9.17) is 9.15 Å². The Morgan fingerprint density at radius 2 is 2.00 bits per heavy atom. The van der Waals surface area contributed by atoms with E-state index in [-0.39, 0.29) is 17.5 Å². The summed E-state index contributed by atoms with van der Waals surface area (Å²) in [5.74, 6) is -0.183. The Kier molecular flexibility index (Phi) is 4.29. The molecule has 0 saturated heterocycles. The lowest BCUT2D eigenvalue weighted by molar-refractivity contribution is -0.384. The molecule has 1 aromatic carbocycles. The van der Waals surface area contributed by atoms with Gasteiger partial charge in [0.15, 0.2) is 6.10 Å². The number of hydrogen-bond acceptors (Lipinski definition) is 7. The van der Waals surface area contributed by atoms with Crippen molar-refractivity contribution in [1.29, 1.82) is 0 Å². The van der Waals surface area contributed by atoms with Crippen LogP contribution in [0.3, 0.4) is 0 Å². The number of aryl methyl sites for hydroxylation is 1. The van der Waals surface area contributed by atoms with Crippen LogP contribution in [0, 0.1) is 10.1 Å². The Hall–Kier alpha value is -3.49. The Balaban J connectivity index is 1.73. The van der Waals surface area contributed by atoms with Crippen LogP contribution in [0.4, 0.5) is 5.69 Å². The lowest BCUT2D eigenvalue weighted by Crippen LogP contribution is -2.12. The zero-order valence-corrected chi connectivity index (χ0v) is 13.4. The molecule has 0 fully saturated rings. The number of benzene rings is 1. The molecule has 0 amide bonds. The second kappa shape index (κ2) is 6.56. The molecule has 0 N–H and O–H groups in total. The summed E-state index contributed by atoms with van der Waals surface area (Å²) >= 11 is 0. The van der Waals surface area contributed by atoms with Crippen LogP contribution in [-0.4, -0.2) is 25.7 Å². The predicted octanol–water partition coefficient (Wildman–Crippen LogP) is 2.90. The highest BCUT2D eigenvalue weighted by molar-refractivity contribution is 5.87. The molecule has 1 atom stereocenters. The summed E-state index contributed by atoms with van der Waals surface area (Å²) in [6.45, 7) is 1.62. The molecule has 0 bridgehead atoms. The van der Waals surface area contributed by atoms with Crippen LogP contribution < -0.4 is 0 Å². The maximum atomic E-state index is 12.1. The third-order valence-electron chi connectivity index (χ3n) is 3.55. The maximum absolute atomic E-state index is 12.1. The normalized spacial score (nSPS) is 11.9. The molecule has 9 nitrogen and oxygen atoms in total. The van der Waals surface area contributed by atoms with Crippen molar-refractivity contribution in [3.05, 3.63) is 64.3 Å². The van der Waals surface area contributed by atoms with Gasteiger partial charge in [-0.15, -0.1) is 10.2 Å². The smallest absolute Gasteiger partial charge is 0.355 e. The third-order valence-corrected chi connectivity index (χ3v) is 3.55. The van der Waals surface area contributed by atoms with E-state index in [1.54, 1.807) is 36.9 Å². The number of aromatic nitrogens is 3. The van der Waals surface area contributed by atoms with Crippen molar-refractivity contribution >= 4 is 11.7 Å². The van der Waals surface area contributed by atoms with Gasteiger partial charge >= 0.3 is 5.97 Å². The largest absolute Gasteiger partial charge is 0.448 e. The van der Waals surface area contributed by atoms with Crippen molar-refractivity contribution in [2.24, 2.45) is 7.05 Å². The number of esters is 1. The minimum Gasteiger partial charge on any atom is -0.448 e. The van der Waals surface area contributed by atoms with E-state index in [0.29, 0.717) is 11.3 Å². The number of carbonyl (C=O) groups excluding carboxylic acids is 1. The lowest BCUT2D eigenvalue weighted by atomic mass is 10.2. The number of ether oxygens (including phenoxy) is 1. The standard InChI is InChI=1S/C16H14N4O5/c1-10(24-16(21)13-4-3-9-19(13)2)14-17-18-15(25-14)11-5-7-12(8-6-11)20(22)23/h3-10H,1-2H3/t10-/m1/s1. The van der Waals surface area contributed by atoms with Crippen molar-refractivity contribution in [3.8, 4) is 11.5 Å². The van der Waals surface area contributed by atoms with E-state index in [0.717, 1.165) is 0 Å². The van der Waals surface area contributed by atoms with Crippen LogP contribution in [0.15, 0.2) is 47.0 Å². The topological polar surface area (TPSA) is 113 Å². The second-order valence-corrected chi connectivity index (χ2v) is 5.30. The van der Waals surface area contributed by atoms with Crippen molar-refractivity contribution in [2.75, 3.05) is 0 Å². The van der Waals surface area contributed by atoms with Gasteiger partial charge in [0.2, 0.25) is 5.89 Å². The number of nitro groups is 1. The number of rotatable bonds is 5. The molecule has 25 heavy (non-hydrogen) atoms. The summed E-state index contributed by atoms with van der Waals surface area (Å²) in [7, 11) is 1.74. The van der Waals surface area contributed by atoms with Crippen molar-refractivity contribution in [2.45, 2.75) is 13.0 Å². The van der Waals surface area contributed by atoms with E-state index in [1.807, 2.05) is 0 Å². The fourth-order valence-electron chi connectivity index (χ4n) is 2.19. The van der Waals surface area contributed by atoms with Gasteiger partial charge in [-0.2, -0.15) is 0 Å². The Morgan fingerprint density at radius 1 is 1.28 bits per heavy atom. The van der Waals surface area contributed by atoms with Crippen LogP contribution >= 0.6 is 0 Å². The molecule has 3 aromatic rings. The van der Waals surface area contributed by atoms with Crippen molar-refractivity contribution in [1.82, 2.24) is 14.8 Å². The molecule has 9 heteroatoms. The van der Waals surface area contributed by atoms with E-state index in [1.165, 1.54) is 24.3 Å². The number of non-ortho nitro benzene ring substituents is 1. The first-order chi connectivity index (χ1) is 12.0. The van der Waals surface area contributed by atoms with Gasteiger partial charge in [-0.05, 0) is 31.2 Å². The molecule has 0 unspecified atom stereocenters. The van der Waals surface area contributed by atoms with E-state index in [2.05, 4.69) is 10.2 Å².